The maximum absolute atomic E-state index is 12.6. The van der Waals surface area contributed by atoms with Crippen LogP contribution < -0.4 is 5.32 Å². The van der Waals surface area contributed by atoms with Gasteiger partial charge in [-0.3, -0.25) is 4.79 Å². The normalized spacial score (nSPS) is 15.1. The van der Waals surface area contributed by atoms with Crippen LogP contribution in [0.15, 0.2) is 4.42 Å². The third kappa shape index (κ3) is 3.55. The summed E-state index contributed by atoms with van der Waals surface area (Å²) in [5, 5.41) is 2.87. The highest BCUT2D eigenvalue weighted by Gasteiger charge is 2.33. The molecular formula is C16H21NO6. The number of methoxy groups -OCH3 is 2. The SMILES string of the molecule is COC(=O)c1oc(C)c(C(=O)OC)c1C(=O)NC1CCCCC1. The number of hydrogen-bond donors (Lipinski definition) is 1. The van der Waals surface area contributed by atoms with Crippen LogP contribution in [0.3, 0.4) is 0 Å². The molecule has 0 aromatic carbocycles. The zero-order chi connectivity index (χ0) is 17.0. The first-order chi connectivity index (χ1) is 11.0. The predicted molar refractivity (Wildman–Crippen MR) is 80.5 cm³/mol. The fourth-order valence-electron chi connectivity index (χ4n) is 2.85. The van der Waals surface area contributed by atoms with Crippen molar-refractivity contribution in [3.05, 3.63) is 22.6 Å². The van der Waals surface area contributed by atoms with E-state index in [4.69, 9.17) is 9.15 Å². The lowest BCUT2D eigenvalue weighted by Gasteiger charge is -2.22. The molecule has 1 aliphatic rings. The van der Waals surface area contributed by atoms with Crippen molar-refractivity contribution < 1.29 is 28.3 Å². The number of aryl methyl sites for hydroxylation is 1. The second-order valence-electron chi connectivity index (χ2n) is 5.53. The summed E-state index contributed by atoms with van der Waals surface area (Å²) in [4.78, 5) is 36.4. The third-order valence-corrected chi connectivity index (χ3v) is 4.01. The summed E-state index contributed by atoms with van der Waals surface area (Å²) >= 11 is 0. The van der Waals surface area contributed by atoms with Gasteiger partial charge in [0.2, 0.25) is 5.76 Å². The molecule has 0 saturated heterocycles. The van der Waals surface area contributed by atoms with E-state index in [1.165, 1.54) is 21.1 Å². The van der Waals surface area contributed by atoms with Gasteiger partial charge in [0.25, 0.3) is 5.91 Å². The zero-order valence-electron chi connectivity index (χ0n) is 13.6. The van der Waals surface area contributed by atoms with Gasteiger partial charge in [-0.2, -0.15) is 0 Å². The van der Waals surface area contributed by atoms with Gasteiger partial charge in [-0.25, -0.2) is 9.59 Å². The number of amides is 1. The van der Waals surface area contributed by atoms with Crippen molar-refractivity contribution in [1.29, 1.82) is 0 Å². The summed E-state index contributed by atoms with van der Waals surface area (Å²) in [6.07, 6.45) is 5.00. The lowest BCUT2D eigenvalue weighted by molar-refractivity contribution is 0.0557. The summed E-state index contributed by atoms with van der Waals surface area (Å²) in [5.41, 5.74) is -0.159. The molecule has 1 fully saturated rings. The van der Waals surface area contributed by atoms with Gasteiger partial charge in [-0.1, -0.05) is 19.3 Å². The van der Waals surface area contributed by atoms with E-state index in [1.54, 1.807) is 0 Å². The third-order valence-electron chi connectivity index (χ3n) is 4.01. The molecule has 1 saturated carbocycles. The lowest BCUT2D eigenvalue weighted by Crippen LogP contribution is -2.37. The van der Waals surface area contributed by atoms with E-state index in [0.717, 1.165) is 32.1 Å². The van der Waals surface area contributed by atoms with Crippen molar-refractivity contribution in [2.45, 2.75) is 45.1 Å². The Labute approximate surface area is 134 Å². The van der Waals surface area contributed by atoms with E-state index in [0.29, 0.717) is 0 Å². The van der Waals surface area contributed by atoms with E-state index in [1.807, 2.05) is 0 Å². The minimum absolute atomic E-state index is 0.0300. The Morgan fingerprint density at radius 2 is 1.61 bits per heavy atom. The number of furan rings is 1. The van der Waals surface area contributed by atoms with Crippen LogP contribution in [-0.4, -0.2) is 38.1 Å². The zero-order valence-corrected chi connectivity index (χ0v) is 13.6. The van der Waals surface area contributed by atoms with Crippen molar-refractivity contribution in [3.8, 4) is 0 Å². The topological polar surface area (TPSA) is 94.8 Å². The number of nitrogens with one attached hydrogen (secondary N) is 1. The highest BCUT2D eigenvalue weighted by Crippen LogP contribution is 2.25. The van der Waals surface area contributed by atoms with Gasteiger partial charge >= 0.3 is 11.9 Å². The average molecular weight is 323 g/mol. The molecule has 0 atom stereocenters. The number of ether oxygens (including phenoxy) is 2. The number of carbonyl (C=O) groups is 3. The maximum Gasteiger partial charge on any atom is 0.374 e. The lowest BCUT2D eigenvalue weighted by atomic mass is 9.95. The largest absolute Gasteiger partial charge is 0.465 e. The molecule has 23 heavy (non-hydrogen) atoms. The Morgan fingerprint density at radius 1 is 1.00 bits per heavy atom. The Balaban J connectivity index is 2.38. The van der Waals surface area contributed by atoms with Crippen LogP contribution in [0.25, 0.3) is 0 Å². The van der Waals surface area contributed by atoms with Crippen LogP contribution in [0.5, 0.6) is 0 Å². The first kappa shape index (κ1) is 17.1. The molecule has 0 bridgehead atoms. The summed E-state index contributed by atoms with van der Waals surface area (Å²) in [6.45, 7) is 1.50. The molecule has 1 N–H and O–H groups in total. The summed E-state index contributed by atoms with van der Waals surface area (Å²) in [7, 11) is 2.39. The van der Waals surface area contributed by atoms with Crippen molar-refractivity contribution in [2.24, 2.45) is 0 Å². The van der Waals surface area contributed by atoms with Crippen LogP contribution in [0.2, 0.25) is 0 Å². The van der Waals surface area contributed by atoms with E-state index in [-0.39, 0.29) is 28.7 Å². The van der Waals surface area contributed by atoms with Crippen molar-refractivity contribution >= 4 is 17.8 Å². The summed E-state index contributed by atoms with van der Waals surface area (Å²) < 4.78 is 14.6. The molecular weight excluding hydrogens is 302 g/mol. The van der Waals surface area contributed by atoms with Crippen LogP contribution >= 0.6 is 0 Å². The van der Waals surface area contributed by atoms with Gasteiger partial charge in [0, 0.05) is 6.04 Å². The Hall–Kier alpha value is -2.31. The fraction of sp³-hybridized carbons (Fsp3) is 0.562. The Kier molecular flexibility index (Phi) is 5.41. The van der Waals surface area contributed by atoms with E-state index in [2.05, 4.69) is 10.1 Å². The van der Waals surface area contributed by atoms with Gasteiger partial charge in [-0.05, 0) is 19.8 Å². The van der Waals surface area contributed by atoms with Crippen molar-refractivity contribution in [3.63, 3.8) is 0 Å². The van der Waals surface area contributed by atoms with Gasteiger partial charge in [0.15, 0.2) is 0 Å². The molecule has 0 radical (unpaired) electrons. The number of esters is 2. The van der Waals surface area contributed by atoms with Gasteiger partial charge < -0.3 is 19.2 Å². The van der Waals surface area contributed by atoms with E-state index < -0.39 is 17.8 Å². The van der Waals surface area contributed by atoms with Crippen LogP contribution in [0.4, 0.5) is 0 Å². The molecule has 7 nitrogen and oxygen atoms in total. The smallest absolute Gasteiger partial charge is 0.374 e. The van der Waals surface area contributed by atoms with Crippen LogP contribution in [0.1, 0.15) is 69.1 Å². The summed E-state index contributed by atoms with van der Waals surface area (Å²) in [6, 6.07) is 0.0300. The van der Waals surface area contributed by atoms with E-state index >= 15 is 0 Å². The number of carbonyl (C=O) groups excluding carboxylic acids is 3. The highest BCUT2D eigenvalue weighted by atomic mass is 16.5. The maximum atomic E-state index is 12.6. The molecule has 1 aromatic heterocycles. The van der Waals surface area contributed by atoms with Crippen molar-refractivity contribution in [1.82, 2.24) is 5.32 Å². The molecule has 1 amide bonds. The molecule has 1 heterocycles. The van der Waals surface area contributed by atoms with Gasteiger partial charge in [0.05, 0.1) is 14.2 Å². The van der Waals surface area contributed by atoms with Crippen molar-refractivity contribution in [2.75, 3.05) is 14.2 Å². The highest BCUT2D eigenvalue weighted by molar-refractivity contribution is 6.11. The standard InChI is InChI=1S/C16H21NO6/c1-9-11(15(19)21-2)12(13(23-9)16(20)22-3)14(18)17-10-7-5-4-6-8-10/h10H,4-8H2,1-3H3,(H,17,18). The minimum Gasteiger partial charge on any atom is -0.465 e. The van der Waals surface area contributed by atoms with E-state index in [9.17, 15) is 14.4 Å². The Bertz CT molecular complexity index is 612. The van der Waals surface area contributed by atoms with Crippen LogP contribution in [0, 0.1) is 6.92 Å². The first-order valence-corrected chi connectivity index (χ1v) is 7.60. The molecule has 1 aliphatic carbocycles. The summed E-state index contributed by atoms with van der Waals surface area (Å²) in [5.74, 6) is -2.19. The number of rotatable bonds is 4. The fourth-order valence-corrected chi connectivity index (χ4v) is 2.85. The van der Waals surface area contributed by atoms with Crippen LogP contribution in [-0.2, 0) is 9.47 Å². The Morgan fingerprint density at radius 3 is 2.17 bits per heavy atom. The molecule has 2 rings (SSSR count). The molecule has 1 aromatic rings. The molecule has 126 valence electrons. The minimum atomic E-state index is -0.808. The molecule has 7 heteroatoms. The first-order valence-electron chi connectivity index (χ1n) is 7.60. The molecule has 0 unspecified atom stereocenters. The average Bonchev–Trinajstić information content (AvgIpc) is 2.91. The monoisotopic (exact) mass is 323 g/mol. The second kappa shape index (κ2) is 7.30. The quantitative estimate of drug-likeness (QED) is 0.854. The van der Waals surface area contributed by atoms with Gasteiger partial charge in [-0.15, -0.1) is 0 Å². The molecule has 0 spiro atoms. The second-order valence-corrected chi connectivity index (χ2v) is 5.53. The number of hydrogen-bond acceptors (Lipinski definition) is 6. The van der Waals surface area contributed by atoms with Gasteiger partial charge in [0.1, 0.15) is 16.9 Å². The predicted octanol–water partition coefficient (Wildman–Crippen LogP) is 2.22. The molecule has 0 aliphatic heterocycles.